The summed E-state index contributed by atoms with van der Waals surface area (Å²) in [6.07, 6.45) is 24.7. The molecule has 1 heterocycles. The van der Waals surface area contributed by atoms with Crippen molar-refractivity contribution in [1.29, 1.82) is 0 Å². The molecule has 0 spiro atoms. The molecule has 2 unspecified atom stereocenters. The van der Waals surface area contributed by atoms with Crippen molar-refractivity contribution in [2.24, 2.45) is 11.5 Å². The molecule has 4 N–H and O–H groups in total. The molecule has 4 heteroatoms. The molecule has 1 aliphatic heterocycles. The third-order valence-electron chi connectivity index (χ3n) is 6.81. The lowest BCUT2D eigenvalue weighted by molar-refractivity contribution is -0.212. The second kappa shape index (κ2) is 19.5. The van der Waals surface area contributed by atoms with Gasteiger partial charge in [0.1, 0.15) is 0 Å². The van der Waals surface area contributed by atoms with Crippen molar-refractivity contribution < 1.29 is 9.47 Å². The van der Waals surface area contributed by atoms with Crippen LogP contribution in [0.3, 0.4) is 0 Å². The highest BCUT2D eigenvalue weighted by Gasteiger charge is 2.41. The Bertz CT molecular complexity index is 367. The first kappa shape index (κ1) is 27.9. The van der Waals surface area contributed by atoms with Gasteiger partial charge >= 0.3 is 0 Å². The fourth-order valence-corrected chi connectivity index (χ4v) is 4.93. The van der Waals surface area contributed by atoms with Crippen LogP contribution in [-0.4, -0.2) is 38.0 Å². The van der Waals surface area contributed by atoms with Crippen molar-refractivity contribution in [1.82, 2.24) is 0 Å². The Balaban J connectivity index is 2.25. The molecule has 0 bridgehead atoms. The van der Waals surface area contributed by atoms with E-state index in [-0.39, 0.29) is 11.7 Å². The highest BCUT2D eigenvalue weighted by atomic mass is 16.6. The van der Waals surface area contributed by atoms with Crippen molar-refractivity contribution in [3.63, 3.8) is 0 Å². The van der Waals surface area contributed by atoms with Crippen LogP contribution in [0.5, 0.6) is 0 Å². The van der Waals surface area contributed by atoms with Gasteiger partial charge in [-0.2, -0.15) is 0 Å². The average molecular weight is 427 g/mol. The second-order valence-electron chi connectivity index (χ2n) is 9.44. The molecule has 0 aromatic rings. The molecule has 0 amide bonds. The van der Waals surface area contributed by atoms with Gasteiger partial charge in [0.2, 0.25) is 0 Å². The Morgan fingerprint density at radius 1 is 0.633 bits per heavy atom. The largest absolute Gasteiger partial charge is 0.373 e. The van der Waals surface area contributed by atoms with Crippen LogP contribution in [-0.2, 0) is 9.47 Å². The molecule has 0 aromatic carbocycles. The van der Waals surface area contributed by atoms with Gasteiger partial charge in [-0.25, -0.2) is 0 Å². The van der Waals surface area contributed by atoms with E-state index in [1.807, 2.05) is 0 Å². The summed E-state index contributed by atoms with van der Waals surface area (Å²) in [6, 6.07) is 0. The maximum Gasteiger partial charge on any atom is 0.0944 e. The Hall–Kier alpha value is -0.160. The lowest BCUT2D eigenvalue weighted by Crippen LogP contribution is -2.51. The summed E-state index contributed by atoms with van der Waals surface area (Å²) in [5, 5.41) is 0. The van der Waals surface area contributed by atoms with E-state index in [0.29, 0.717) is 0 Å². The summed E-state index contributed by atoms with van der Waals surface area (Å²) in [5.74, 6) is 0. The summed E-state index contributed by atoms with van der Waals surface area (Å²) in [6.45, 7) is 5.32. The average Bonchev–Trinajstić information content (AvgIpc) is 2.76. The van der Waals surface area contributed by atoms with E-state index in [1.165, 1.54) is 77.0 Å². The van der Waals surface area contributed by atoms with Crippen molar-refractivity contribution in [3.05, 3.63) is 0 Å². The first-order chi connectivity index (χ1) is 14.8. The second-order valence-corrected chi connectivity index (χ2v) is 9.44. The van der Waals surface area contributed by atoms with Gasteiger partial charge < -0.3 is 20.9 Å². The fraction of sp³-hybridized carbons (Fsp3) is 1.00. The monoisotopic (exact) mass is 426 g/mol. The maximum absolute atomic E-state index is 6.46. The quantitative estimate of drug-likeness (QED) is 0.206. The molecular formula is C26H54N2O2. The number of hydrogen-bond donors (Lipinski definition) is 2. The zero-order chi connectivity index (χ0) is 21.8. The van der Waals surface area contributed by atoms with Crippen molar-refractivity contribution >= 4 is 0 Å². The van der Waals surface area contributed by atoms with E-state index in [9.17, 15) is 0 Å². The molecule has 1 fully saturated rings. The molecule has 1 aliphatic rings. The highest BCUT2D eigenvalue weighted by Crippen LogP contribution is 2.36. The summed E-state index contributed by atoms with van der Waals surface area (Å²) in [5.41, 5.74) is 11.4. The highest BCUT2D eigenvalue weighted by molar-refractivity contribution is 4.92. The van der Waals surface area contributed by atoms with Gasteiger partial charge in [-0.3, -0.25) is 0 Å². The first-order valence-electron chi connectivity index (χ1n) is 13.4. The number of ether oxygens (including phenoxy) is 2. The van der Waals surface area contributed by atoms with E-state index in [2.05, 4.69) is 6.92 Å². The molecule has 0 aliphatic carbocycles. The van der Waals surface area contributed by atoms with E-state index >= 15 is 0 Å². The third-order valence-corrected chi connectivity index (χ3v) is 6.81. The van der Waals surface area contributed by atoms with Gasteiger partial charge in [0.05, 0.1) is 24.9 Å². The Morgan fingerprint density at radius 3 is 1.70 bits per heavy atom. The first-order valence-corrected chi connectivity index (χ1v) is 13.4. The van der Waals surface area contributed by atoms with Crippen molar-refractivity contribution in [2.75, 3.05) is 26.3 Å². The molecular weight excluding hydrogens is 372 g/mol. The SMILES string of the molecule is CCCCCCCCCCCCCCC1(CCCCN)OCCOC1CCCCN. The molecule has 0 saturated carbocycles. The van der Waals surface area contributed by atoms with E-state index in [1.54, 1.807) is 0 Å². The third kappa shape index (κ3) is 12.6. The smallest absolute Gasteiger partial charge is 0.0944 e. The summed E-state index contributed by atoms with van der Waals surface area (Å²) in [7, 11) is 0. The molecule has 4 nitrogen and oxygen atoms in total. The molecule has 180 valence electrons. The van der Waals surface area contributed by atoms with Gasteiger partial charge in [0.25, 0.3) is 0 Å². The lowest BCUT2D eigenvalue weighted by Gasteiger charge is -2.44. The topological polar surface area (TPSA) is 70.5 Å². The minimum Gasteiger partial charge on any atom is -0.373 e. The zero-order valence-electron chi connectivity index (χ0n) is 20.3. The van der Waals surface area contributed by atoms with E-state index in [0.717, 1.165) is 71.2 Å². The van der Waals surface area contributed by atoms with Crippen molar-refractivity contribution in [2.45, 2.75) is 141 Å². The van der Waals surface area contributed by atoms with Crippen LogP contribution < -0.4 is 11.5 Å². The minimum atomic E-state index is -0.0828. The van der Waals surface area contributed by atoms with Crippen LogP contribution in [0.15, 0.2) is 0 Å². The fourth-order valence-electron chi connectivity index (χ4n) is 4.93. The number of hydrogen-bond acceptors (Lipinski definition) is 4. The van der Waals surface area contributed by atoms with Gasteiger partial charge in [0.15, 0.2) is 0 Å². The molecule has 1 saturated heterocycles. The van der Waals surface area contributed by atoms with E-state index in [4.69, 9.17) is 20.9 Å². The Kier molecular flexibility index (Phi) is 18.1. The molecule has 0 aromatic heterocycles. The summed E-state index contributed by atoms with van der Waals surface area (Å²) < 4.78 is 12.7. The van der Waals surface area contributed by atoms with E-state index < -0.39 is 0 Å². The van der Waals surface area contributed by atoms with Crippen LogP contribution in [0, 0.1) is 0 Å². The molecule has 30 heavy (non-hydrogen) atoms. The van der Waals surface area contributed by atoms with Gasteiger partial charge in [-0.15, -0.1) is 0 Å². The minimum absolute atomic E-state index is 0.0828. The predicted molar refractivity (Wildman–Crippen MR) is 130 cm³/mol. The van der Waals surface area contributed by atoms with Crippen LogP contribution in [0.2, 0.25) is 0 Å². The molecule has 1 rings (SSSR count). The lowest BCUT2D eigenvalue weighted by atomic mass is 9.82. The Morgan fingerprint density at radius 2 is 1.13 bits per heavy atom. The normalized spacial score (nSPS) is 21.9. The molecule has 0 radical (unpaired) electrons. The zero-order valence-corrected chi connectivity index (χ0v) is 20.3. The number of rotatable bonds is 21. The van der Waals surface area contributed by atoms with Crippen LogP contribution in [0.1, 0.15) is 129 Å². The summed E-state index contributed by atoms with van der Waals surface area (Å²) >= 11 is 0. The number of unbranched alkanes of at least 4 members (excludes halogenated alkanes) is 13. The molecule has 2 atom stereocenters. The van der Waals surface area contributed by atoms with Crippen LogP contribution in [0.25, 0.3) is 0 Å². The van der Waals surface area contributed by atoms with Gasteiger partial charge in [-0.05, 0) is 58.0 Å². The van der Waals surface area contributed by atoms with Crippen LogP contribution in [0.4, 0.5) is 0 Å². The van der Waals surface area contributed by atoms with Gasteiger partial charge in [-0.1, -0.05) is 84.0 Å². The number of nitrogens with two attached hydrogens (primary N) is 2. The van der Waals surface area contributed by atoms with Crippen molar-refractivity contribution in [3.8, 4) is 0 Å². The van der Waals surface area contributed by atoms with Gasteiger partial charge in [0, 0.05) is 0 Å². The van der Waals surface area contributed by atoms with Crippen LogP contribution >= 0.6 is 0 Å². The summed E-state index contributed by atoms with van der Waals surface area (Å²) in [4.78, 5) is 0. The standard InChI is InChI=1S/C26H54N2O2/c1-2-3-4-5-6-7-8-9-10-11-12-14-19-26(20-15-17-22-28)25(18-13-16-21-27)29-23-24-30-26/h25H,2-24,27-28H2,1H3. The maximum atomic E-state index is 6.46. The Labute approximate surface area is 188 Å². The predicted octanol–water partition coefficient (Wildman–Crippen LogP) is 6.49.